The van der Waals surface area contributed by atoms with Crippen molar-refractivity contribution in [2.24, 2.45) is 0 Å². The molecule has 0 saturated carbocycles. The predicted octanol–water partition coefficient (Wildman–Crippen LogP) is 3.84. The minimum absolute atomic E-state index is 0.309. The van der Waals surface area contributed by atoms with Crippen LogP contribution in [0.25, 0.3) is 0 Å². The van der Waals surface area contributed by atoms with E-state index < -0.39 is 28.9 Å². The largest absolute Gasteiger partial charge is 0.337 e. The first-order valence-corrected chi connectivity index (χ1v) is 9.44. The van der Waals surface area contributed by atoms with E-state index in [0.717, 1.165) is 0 Å². The van der Waals surface area contributed by atoms with E-state index in [9.17, 15) is 13.0 Å². The second kappa shape index (κ2) is 7.20. The Morgan fingerprint density at radius 2 is 1.60 bits per heavy atom. The van der Waals surface area contributed by atoms with Gasteiger partial charge in [-0.2, -0.15) is 12.7 Å². The maximum atomic E-state index is 11.6. The van der Waals surface area contributed by atoms with Crippen molar-refractivity contribution in [3.8, 4) is 0 Å². The van der Waals surface area contributed by atoms with Crippen LogP contribution in [-0.2, 0) is 19.8 Å². The van der Waals surface area contributed by atoms with Crippen molar-refractivity contribution in [3.63, 3.8) is 0 Å². The smallest absolute Gasteiger partial charge is 0.336 e. The lowest BCUT2D eigenvalue weighted by Gasteiger charge is -2.25. The Hall–Kier alpha value is -1.19. The second-order valence-electron chi connectivity index (χ2n) is 5.46. The van der Waals surface area contributed by atoms with Crippen LogP contribution in [0, 0.1) is 0 Å². The molecule has 25 heavy (non-hydrogen) atoms. The minimum atomic E-state index is -4.52. The van der Waals surface area contributed by atoms with Crippen LogP contribution in [0.5, 0.6) is 0 Å². The molecule has 0 bridgehead atoms. The van der Waals surface area contributed by atoms with E-state index in [1.54, 1.807) is 42.5 Å². The van der Waals surface area contributed by atoms with Crippen LogP contribution in [0.15, 0.2) is 48.5 Å². The van der Waals surface area contributed by atoms with E-state index in [0.29, 0.717) is 25.5 Å². The summed E-state index contributed by atoms with van der Waals surface area (Å²) in [6.07, 6.45) is -2.90. The van der Waals surface area contributed by atoms with Gasteiger partial charge in [-0.3, -0.25) is 4.55 Å². The van der Waals surface area contributed by atoms with Crippen molar-refractivity contribution in [2.45, 2.75) is 18.6 Å². The van der Waals surface area contributed by atoms with Gasteiger partial charge in [0.2, 0.25) is 0 Å². The Kier molecular flexibility index (Phi) is 5.36. The standard InChI is InChI=1S/C16H15Cl2NO5S/c1-19(25(20,21)22)15-14(13-11(17)8-5-9-12(13)18)23-16(24-15)10-6-3-2-4-7-10/h2-9,14-16H,1H3,(H,20,21,22). The van der Waals surface area contributed by atoms with Crippen LogP contribution in [0.2, 0.25) is 10.0 Å². The quantitative estimate of drug-likeness (QED) is 0.784. The van der Waals surface area contributed by atoms with Crippen molar-refractivity contribution in [2.75, 3.05) is 7.05 Å². The average molecular weight is 404 g/mol. The summed E-state index contributed by atoms with van der Waals surface area (Å²) < 4.78 is 44.9. The van der Waals surface area contributed by atoms with Gasteiger partial charge in [0.25, 0.3) is 0 Å². The van der Waals surface area contributed by atoms with Crippen molar-refractivity contribution < 1.29 is 22.4 Å². The fourth-order valence-electron chi connectivity index (χ4n) is 2.60. The highest BCUT2D eigenvalue weighted by Crippen LogP contribution is 2.45. The molecule has 9 heteroatoms. The lowest BCUT2D eigenvalue weighted by atomic mass is 10.1. The fourth-order valence-corrected chi connectivity index (χ4v) is 3.63. The molecule has 6 nitrogen and oxygen atoms in total. The van der Waals surface area contributed by atoms with E-state index in [1.807, 2.05) is 6.07 Å². The topological polar surface area (TPSA) is 76.1 Å². The van der Waals surface area contributed by atoms with Gasteiger partial charge < -0.3 is 9.47 Å². The normalized spacial score (nSPS) is 24.0. The second-order valence-corrected chi connectivity index (χ2v) is 7.74. The summed E-state index contributed by atoms with van der Waals surface area (Å²) in [5.41, 5.74) is 1.09. The molecule has 3 rings (SSSR count). The molecule has 1 fully saturated rings. The van der Waals surface area contributed by atoms with Gasteiger partial charge in [-0.1, -0.05) is 59.6 Å². The molecular weight excluding hydrogens is 389 g/mol. The molecule has 3 unspecified atom stereocenters. The first-order chi connectivity index (χ1) is 11.8. The molecule has 2 aromatic carbocycles. The zero-order valence-corrected chi connectivity index (χ0v) is 15.4. The number of halogens is 2. The third-order valence-electron chi connectivity index (χ3n) is 3.87. The molecule has 134 valence electrons. The van der Waals surface area contributed by atoms with E-state index >= 15 is 0 Å². The molecule has 1 saturated heterocycles. The Bertz CT molecular complexity index is 842. The highest BCUT2D eigenvalue weighted by molar-refractivity contribution is 7.83. The summed E-state index contributed by atoms with van der Waals surface area (Å²) in [6, 6.07) is 13.9. The van der Waals surface area contributed by atoms with E-state index in [-0.39, 0.29) is 0 Å². The molecule has 1 N–H and O–H groups in total. The first-order valence-electron chi connectivity index (χ1n) is 7.29. The third kappa shape index (κ3) is 3.83. The lowest BCUT2D eigenvalue weighted by Crippen LogP contribution is -2.39. The number of hydrogen-bond acceptors (Lipinski definition) is 4. The zero-order valence-electron chi connectivity index (χ0n) is 13.0. The van der Waals surface area contributed by atoms with Crippen LogP contribution in [0.1, 0.15) is 23.5 Å². The summed E-state index contributed by atoms with van der Waals surface area (Å²) in [5.74, 6) is 0. The van der Waals surface area contributed by atoms with Crippen molar-refractivity contribution >= 4 is 33.5 Å². The van der Waals surface area contributed by atoms with E-state index in [1.165, 1.54) is 7.05 Å². The lowest BCUT2D eigenvalue weighted by molar-refractivity contribution is -0.0809. The monoisotopic (exact) mass is 403 g/mol. The number of hydrogen-bond donors (Lipinski definition) is 1. The van der Waals surface area contributed by atoms with Gasteiger partial charge >= 0.3 is 10.3 Å². The predicted molar refractivity (Wildman–Crippen MR) is 93.7 cm³/mol. The third-order valence-corrected chi connectivity index (χ3v) is 5.47. The van der Waals surface area contributed by atoms with E-state index in [2.05, 4.69) is 0 Å². The fraction of sp³-hybridized carbons (Fsp3) is 0.250. The number of rotatable bonds is 4. The van der Waals surface area contributed by atoms with Gasteiger partial charge in [-0.25, -0.2) is 0 Å². The van der Waals surface area contributed by atoms with E-state index in [4.69, 9.17) is 32.7 Å². The molecule has 0 aromatic heterocycles. The highest BCUT2D eigenvalue weighted by atomic mass is 35.5. The van der Waals surface area contributed by atoms with Gasteiger partial charge in [0, 0.05) is 28.2 Å². The summed E-state index contributed by atoms with van der Waals surface area (Å²) in [4.78, 5) is 0. The maximum Gasteiger partial charge on any atom is 0.337 e. The molecule has 0 amide bonds. The maximum absolute atomic E-state index is 11.6. The van der Waals surface area contributed by atoms with Crippen LogP contribution in [0.4, 0.5) is 0 Å². The summed E-state index contributed by atoms with van der Waals surface area (Å²) in [6.45, 7) is 0. The Labute approximate surface area is 155 Å². The van der Waals surface area contributed by atoms with Crippen LogP contribution in [-0.4, -0.2) is 30.6 Å². The molecule has 1 heterocycles. The van der Waals surface area contributed by atoms with Crippen molar-refractivity contribution in [1.29, 1.82) is 0 Å². The Morgan fingerprint density at radius 3 is 2.16 bits per heavy atom. The number of benzene rings is 2. The van der Waals surface area contributed by atoms with Gasteiger partial charge in [0.05, 0.1) is 0 Å². The molecular formula is C16H15Cl2NO5S. The molecule has 0 spiro atoms. The minimum Gasteiger partial charge on any atom is -0.336 e. The summed E-state index contributed by atoms with van der Waals surface area (Å²) >= 11 is 12.5. The zero-order chi connectivity index (χ0) is 18.2. The summed E-state index contributed by atoms with van der Waals surface area (Å²) in [7, 11) is -3.33. The van der Waals surface area contributed by atoms with Crippen LogP contribution >= 0.6 is 23.2 Å². The molecule has 3 atom stereocenters. The molecule has 1 aliphatic rings. The summed E-state index contributed by atoms with van der Waals surface area (Å²) in [5, 5.41) is 0.618. The molecule has 1 aliphatic heterocycles. The van der Waals surface area contributed by atoms with Gasteiger partial charge in [0.1, 0.15) is 6.10 Å². The highest BCUT2D eigenvalue weighted by Gasteiger charge is 2.45. The van der Waals surface area contributed by atoms with Crippen molar-refractivity contribution in [1.82, 2.24) is 4.31 Å². The SMILES string of the molecule is CN(C1OC(c2ccccc2)OC1c1c(Cl)cccc1Cl)S(=O)(=O)O. The van der Waals surface area contributed by atoms with Crippen LogP contribution < -0.4 is 0 Å². The van der Waals surface area contributed by atoms with Gasteiger partial charge in [0.15, 0.2) is 12.5 Å². The number of likely N-dealkylation sites (N-methyl/N-ethyl adjacent to an activating group) is 1. The molecule has 2 aromatic rings. The molecule has 0 aliphatic carbocycles. The van der Waals surface area contributed by atoms with Crippen LogP contribution in [0.3, 0.4) is 0 Å². The Morgan fingerprint density at radius 1 is 1.00 bits per heavy atom. The number of nitrogens with zero attached hydrogens (tertiary/aromatic N) is 1. The number of ether oxygens (including phenoxy) is 2. The Balaban J connectivity index is 2.03. The van der Waals surface area contributed by atoms with Crippen molar-refractivity contribution in [3.05, 3.63) is 69.7 Å². The average Bonchev–Trinajstić information content (AvgIpc) is 2.98. The van der Waals surface area contributed by atoms with Gasteiger partial charge in [-0.05, 0) is 12.1 Å². The molecule has 0 radical (unpaired) electrons. The van der Waals surface area contributed by atoms with Gasteiger partial charge in [-0.15, -0.1) is 0 Å². The first kappa shape index (κ1) is 18.6.